The molecule has 2 aromatic rings. The summed E-state index contributed by atoms with van der Waals surface area (Å²) < 4.78 is 0. The van der Waals surface area contributed by atoms with Crippen LogP contribution in [0, 0.1) is 0 Å². The van der Waals surface area contributed by atoms with Crippen molar-refractivity contribution in [1.29, 1.82) is 0 Å². The van der Waals surface area contributed by atoms with Gasteiger partial charge in [-0.05, 0) is 48.5 Å². The lowest BCUT2D eigenvalue weighted by atomic mass is 10.2. The predicted octanol–water partition coefficient (Wildman–Crippen LogP) is 5.71. The summed E-state index contributed by atoms with van der Waals surface area (Å²) in [6.07, 6.45) is 0. The summed E-state index contributed by atoms with van der Waals surface area (Å²) in [6.45, 7) is 7.32. The Morgan fingerprint density at radius 2 is 1.65 bits per heavy atom. The van der Waals surface area contributed by atoms with Crippen molar-refractivity contribution < 1.29 is 4.79 Å². The third-order valence-corrected chi connectivity index (χ3v) is 5.77. The third kappa shape index (κ3) is 6.84. The molecule has 0 saturated carbocycles. The first-order valence-electron chi connectivity index (χ1n) is 8.64. The first kappa shape index (κ1) is 21.1. The highest BCUT2D eigenvalue weighted by Crippen LogP contribution is 2.24. The van der Waals surface area contributed by atoms with Gasteiger partial charge in [-0.1, -0.05) is 55.2 Å². The summed E-state index contributed by atoms with van der Waals surface area (Å²) in [5.74, 6) is 1.10. The smallest absolute Gasteiger partial charge is 0.234 e. The van der Waals surface area contributed by atoms with E-state index < -0.39 is 0 Å². The number of carbonyl (C=O) groups excluding carboxylic acids is 1. The molecule has 2 aromatic carbocycles. The van der Waals surface area contributed by atoms with Gasteiger partial charge in [0.15, 0.2) is 0 Å². The van der Waals surface area contributed by atoms with E-state index in [0.29, 0.717) is 21.6 Å². The molecule has 0 spiro atoms. The molecule has 140 valence electrons. The molecule has 1 N–H and O–H groups in total. The number of nitrogens with zero attached hydrogens (tertiary/aromatic N) is 1. The van der Waals surface area contributed by atoms with E-state index in [1.807, 2.05) is 24.3 Å². The van der Waals surface area contributed by atoms with Crippen LogP contribution in [-0.2, 0) is 17.1 Å². The Labute approximate surface area is 170 Å². The van der Waals surface area contributed by atoms with Crippen LogP contribution in [0.15, 0.2) is 42.5 Å². The van der Waals surface area contributed by atoms with Gasteiger partial charge in [-0.2, -0.15) is 0 Å². The van der Waals surface area contributed by atoms with Gasteiger partial charge >= 0.3 is 0 Å². The zero-order chi connectivity index (χ0) is 18.9. The number of benzene rings is 2. The lowest BCUT2D eigenvalue weighted by molar-refractivity contribution is -0.113. The quantitative estimate of drug-likeness (QED) is 0.574. The predicted molar refractivity (Wildman–Crippen MR) is 114 cm³/mol. The Morgan fingerprint density at radius 3 is 2.27 bits per heavy atom. The molecule has 0 radical (unpaired) electrons. The number of hydrogen-bond acceptors (Lipinski definition) is 3. The highest BCUT2D eigenvalue weighted by Gasteiger charge is 2.06. The van der Waals surface area contributed by atoms with Gasteiger partial charge in [0.1, 0.15) is 0 Å². The Bertz CT molecular complexity index is 718. The van der Waals surface area contributed by atoms with E-state index in [-0.39, 0.29) is 5.91 Å². The van der Waals surface area contributed by atoms with E-state index in [2.05, 4.69) is 36.2 Å². The maximum absolute atomic E-state index is 12.1. The second kappa shape index (κ2) is 10.8. The SMILES string of the molecule is CCN(CC)Cc1ccc(NC(=O)CSCc2ccc(Cl)c(Cl)c2)cc1. The normalized spacial score (nSPS) is 11.0. The maximum atomic E-state index is 12.1. The van der Waals surface area contributed by atoms with Crippen molar-refractivity contribution in [3.63, 3.8) is 0 Å². The highest BCUT2D eigenvalue weighted by atomic mass is 35.5. The van der Waals surface area contributed by atoms with Crippen molar-refractivity contribution in [1.82, 2.24) is 4.90 Å². The Kier molecular flexibility index (Phi) is 8.79. The van der Waals surface area contributed by atoms with E-state index in [9.17, 15) is 4.79 Å². The lowest BCUT2D eigenvalue weighted by Gasteiger charge is -2.18. The van der Waals surface area contributed by atoms with Crippen molar-refractivity contribution in [2.45, 2.75) is 26.1 Å². The third-order valence-electron chi connectivity index (χ3n) is 4.02. The number of rotatable bonds is 9. The van der Waals surface area contributed by atoms with Crippen LogP contribution in [0.4, 0.5) is 5.69 Å². The van der Waals surface area contributed by atoms with E-state index in [1.165, 1.54) is 5.56 Å². The fourth-order valence-corrected chi connectivity index (χ4v) is 3.58. The van der Waals surface area contributed by atoms with Crippen molar-refractivity contribution in [2.24, 2.45) is 0 Å². The monoisotopic (exact) mass is 410 g/mol. The number of hydrogen-bond donors (Lipinski definition) is 1. The van der Waals surface area contributed by atoms with Gasteiger partial charge < -0.3 is 5.32 Å². The summed E-state index contributed by atoms with van der Waals surface area (Å²) in [5, 5.41) is 4.02. The zero-order valence-corrected chi connectivity index (χ0v) is 17.4. The second-order valence-electron chi connectivity index (χ2n) is 5.95. The molecular weight excluding hydrogens is 387 g/mol. The minimum absolute atomic E-state index is 0.00782. The fourth-order valence-electron chi connectivity index (χ4n) is 2.49. The number of thioether (sulfide) groups is 1. The molecule has 0 aromatic heterocycles. The van der Waals surface area contributed by atoms with Crippen LogP contribution >= 0.6 is 35.0 Å². The largest absolute Gasteiger partial charge is 0.325 e. The topological polar surface area (TPSA) is 32.3 Å². The molecule has 0 atom stereocenters. The Balaban J connectivity index is 1.77. The molecule has 0 unspecified atom stereocenters. The Morgan fingerprint density at radius 1 is 1.00 bits per heavy atom. The second-order valence-corrected chi connectivity index (χ2v) is 7.75. The van der Waals surface area contributed by atoms with Gasteiger partial charge in [0.05, 0.1) is 15.8 Å². The molecule has 0 aliphatic carbocycles. The summed E-state index contributed by atoms with van der Waals surface area (Å²) in [5.41, 5.74) is 3.13. The number of carbonyl (C=O) groups is 1. The molecule has 0 aliphatic rings. The molecule has 2 rings (SSSR count). The molecular formula is C20H24Cl2N2OS. The van der Waals surface area contributed by atoms with E-state index in [1.54, 1.807) is 17.8 Å². The lowest BCUT2D eigenvalue weighted by Crippen LogP contribution is -2.22. The number of halogens is 2. The molecule has 0 heterocycles. The van der Waals surface area contributed by atoms with Crippen molar-refractivity contribution in [3.05, 3.63) is 63.6 Å². The van der Waals surface area contributed by atoms with Gasteiger partial charge in [-0.3, -0.25) is 9.69 Å². The summed E-state index contributed by atoms with van der Waals surface area (Å²) in [7, 11) is 0. The van der Waals surface area contributed by atoms with Crippen molar-refractivity contribution in [2.75, 3.05) is 24.2 Å². The fraction of sp³-hybridized carbons (Fsp3) is 0.350. The van der Waals surface area contributed by atoms with Crippen molar-refractivity contribution >= 4 is 46.6 Å². The van der Waals surface area contributed by atoms with E-state index in [0.717, 1.165) is 30.9 Å². The number of anilines is 1. The van der Waals surface area contributed by atoms with Crippen LogP contribution in [0.2, 0.25) is 10.0 Å². The minimum atomic E-state index is -0.00782. The Hall–Kier alpha value is -1.20. The molecule has 0 bridgehead atoms. The van der Waals surface area contributed by atoms with Gasteiger partial charge in [0, 0.05) is 18.0 Å². The van der Waals surface area contributed by atoms with Crippen LogP contribution in [0.3, 0.4) is 0 Å². The standard InChI is InChI=1S/C20H24Cl2N2OS/c1-3-24(4-2)12-15-5-8-17(9-6-15)23-20(25)14-26-13-16-7-10-18(21)19(22)11-16/h5-11H,3-4,12-14H2,1-2H3,(H,23,25). The molecule has 3 nitrogen and oxygen atoms in total. The molecule has 26 heavy (non-hydrogen) atoms. The maximum Gasteiger partial charge on any atom is 0.234 e. The minimum Gasteiger partial charge on any atom is -0.325 e. The number of nitrogens with one attached hydrogen (secondary N) is 1. The summed E-state index contributed by atoms with van der Waals surface area (Å²) in [4.78, 5) is 14.4. The first-order chi connectivity index (χ1) is 12.5. The zero-order valence-electron chi connectivity index (χ0n) is 15.1. The average Bonchev–Trinajstić information content (AvgIpc) is 2.64. The van der Waals surface area contributed by atoms with Crippen LogP contribution in [0.1, 0.15) is 25.0 Å². The van der Waals surface area contributed by atoms with Crippen LogP contribution in [-0.4, -0.2) is 29.6 Å². The molecule has 0 saturated heterocycles. The van der Waals surface area contributed by atoms with Crippen molar-refractivity contribution in [3.8, 4) is 0 Å². The van der Waals surface area contributed by atoms with Gasteiger partial charge in [-0.25, -0.2) is 0 Å². The van der Waals surface area contributed by atoms with Crippen LogP contribution in [0.5, 0.6) is 0 Å². The van der Waals surface area contributed by atoms with Gasteiger partial charge in [0.2, 0.25) is 5.91 Å². The van der Waals surface area contributed by atoms with Crippen LogP contribution < -0.4 is 5.32 Å². The molecule has 0 aliphatic heterocycles. The van der Waals surface area contributed by atoms with Gasteiger partial charge in [-0.15, -0.1) is 11.8 Å². The molecule has 0 fully saturated rings. The first-order valence-corrected chi connectivity index (χ1v) is 10.6. The average molecular weight is 411 g/mol. The summed E-state index contributed by atoms with van der Waals surface area (Å²) >= 11 is 13.5. The van der Waals surface area contributed by atoms with Crippen LogP contribution in [0.25, 0.3) is 0 Å². The molecule has 6 heteroatoms. The summed E-state index contributed by atoms with van der Waals surface area (Å²) in [6, 6.07) is 13.6. The molecule has 1 amide bonds. The van der Waals surface area contributed by atoms with E-state index >= 15 is 0 Å². The van der Waals surface area contributed by atoms with E-state index in [4.69, 9.17) is 23.2 Å². The number of amides is 1. The van der Waals surface area contributed by atoms with Gasteiger partial charge in [0.25, 0.3) is 0 Å². The highest BCUT2D eigenvalue weighted by molar-refractivity contribution is 7.99.